The number of nitrogens with zero attached hydrogens (tertiary/aromatic N) is 1. The van der Waals surface area contributed by atoms with Crippen LogP contribution in [0.3, 0.4) is 0 Å². The molecule has 0 aromatic carbocycles. The Bertz CT molecular complexity index is 259. The van der Waals surface area contributed by atoms with Crippen LogP contribution < -0.4 is 5.32 Å². The molecule has 0 aromatic heterocycles. The van der Waals surface area contributed by atoms with Gasteiger partial charge in [0.05, 0.1) is 6.04 Å². The molecule has 0 radical (unpaired) electrons. The summed E-state index contributed by atoms with van der Waals surface area (Å²) in [7, 11) is 1.95. The molecule has 1 aliphatic heterocycles. The van der Waals surface area contributed by atoms with Crippen LogP contribution in [0.4, 0.5) is 0 Å². The van der Waals surface area contributed by atoms with Gasteiger partial charge in [-0.25, -0.2) is 0 Å². The molecule has 14 heavy (non-hydrogen) atoms. The molecule has 1 fully saturated rings. The summed E-state index contributed by atoms with van der Waals surface area (Å²) in [6.45, 7) is 10.2. The highest BCUT2D eigenvalue weighted by Gasteiger charge is 2.28. The van der Waals surface area contributed by atoms with Crippen molar-refractivity contribution in [1.29, 1.82) is 0 Å². The zero-order valence-electron chi connectivity index (χ0n) is 9.43. The van der Waals surface area contributed by atoms with Crippen molar-refractivity contribution in [2.75, 3.05) is 20.1 Å². The fraction of sp³-hybridized carbons (Fsp3) is 0.667. The van der Waals surface area contributed by atoms with Gasteiger partial charge in [-0.1, -0.05) is 19.4 Å². The Morgan fingerprint density at radius 3 is 2.93 bits per heavy atom. The first-order chi connectivity index (χ1) is 6.69. The zero-order valence-corrected chi connectivity index (χ0v) is 9.43. The maximum atomic E-state index is 4.09. The summed E-state index contributed by atoms with van der Waals surface area (Å²) in [5.74, 6) is 6.99. The van der Waals surface area contributed by atoms with Crippen LogP contribution in [0.2, 0.25) is 0 Å². The third kappa shape index (κ3) is 2.52. The lowest BCUT2D eigenvalue weighted by Gasteiger charge is -2.25. The van der Waals surface area contributed by atoms with E-state index >= 15 is 0 Å². The third-order valence-corrected chi connectivity index (χ3v) is 2.61. The third-order valence-electron chi connectivity index (χ3n) is 2.61. The van der Waals surface area contributed by atoms with Gasteiger partial charge < -0.3 is 10.2 Å². The molecule has 1 aliphatic rings. The van der Waals surface area contributed by atoms with Gasteiger partial charge in [0.2, 0.25) is 0 Å². The van der Waals surface area contributed by atoms with Crippen molar-refractivity contribution in [2.45, 2.75) is 26.3 Å². The van der Waals surface area contributed by atoms with E-state index in [4.69, 9.17) is 0 Å². The molecule has 2 nitrogen and oxygen atoms in total. The lowest BCUT2D eigenvalue weighted by atomic mass is 10.1. The fourth-order valence-electron chi connectivity index (χ4n) is 2.00. The molecule has 2 unspecified atom stereocenters. The predicted octanol–water partition coefficient (Wildman–Crippen LogP) is 1.45. The Morgan fingerprint density at radius 1 is 1.64 bits per heavy atom. The summed E-state index contributed by atoms with van der Waals surface area (Å²) in [4.78, 5) is 2.33. The van der Waals surface area contributed by atoms with Gasteiger partial charge in [-0.05, 0) is 26.3 Å². The number of nitrogens with one attached hydrogen (secondary N) is 1. The minimum absolute atomic E-state index is 0.385. The largest absolute Gasteiger partial charge is 0.360 e. The highest BCUT2D eigenvalue weighted by Crippen LogP contribution is 2.25. The number of hydrogen-bond donors (Lipinski definition) is 1. The van der Waals surface area contributed by atoms with Crippen LogP contribution in [-0.2, 0) is 0 Å². The number of hydrogen-bond acceptors (Lipinski definition) is 2. The minimum atomic E-state index is 0.385. The Balaban J connectivity index is 2.64. The topological polar surface area (TPSA) is 15.3 Å². The molecule has 0 aliphatic carbocycles. The zero-order chi connectivity index (χ0) is 10.6. The molecule has 2 heteroatoms. The van der Waals surface area contributed by atoms with E-state index in [-0.39, 0.29) is 0 Å². The van der Waals surface area contributed by atoms with Gasteiger partial charge in [-0.15, -0.1) is 5.92 Å². The van der Waals surface area contributed by atoms with Crippen molar-refractivity contribution in [3.05, 3.63) is 12.3 Å². The van der Waals surface area contributed by atoms with Crippen LogP contribution in [0.5, 0.6) is 0 Å². The van der Waals surface area contributed by atoms with Crippen molar-refractivity contribution in [3.8, 4) is 11.8 Å². The van der Waals surface area contributed by atoms with E-state index in [1.54, 1.807) is 0 Å². The molecule has 1 heterocycles. The standard InChI is InChI=1S/C12H20N2/c1-5-6-12-7-10(2)9-14(12)11(3)8-13-4/h10,12-13H,3,7-9H2,1-2,4H3. The quantitative estimate of drug-likeness (QED) is 0.681. The molecule has 78 valence electrons. The first kappa shape index (κ1) is 11.1. The second-order valence-electron chi connectivity index (χ2n) is 4.00. The summed E-state index contributed by atoms with van der Waals surface area (Å²) >= 11 is 0. The first-order valence-corrected chi connectivity index (χ1v) is 5.20. The van der Waals surface area contributed by atoms with E-state index in [1.807, 2.05) is 14.0 Å². The molecule has 1 N–H and O–H groups in total. The van der Waals surface area contributed by atoms with Crippen LogP contribution in [0, 0.1) is 17.8 Å². The number of rotatable bonds is 3. The van der Waals surface area contributed by atoms with Gasteiger partial charge in [0.1, 0.15) is 0 Å². The molecule has 0 saturated carbocycles. The fourth-order valence-corrected chi connectivity index (χ4v) is 2.00. The highest BCUT2D eigenvalue weighted by atomic mass is 15.2. The predicted molar refractivity (Wildman–Crippen MR) is 60.8 cm³/mol. The summed E-state index contributed by atoms with van der Waals surface area (Å²) in [6, 6.07) is 0.385. The molecule has 1 saturated heterocycles. The Hall–Kier alpha value is -0.940. The number of likely N-dealkylation sites (tertiary alicyclic amines) is 1. The molecular formula is C12H20N2. The maximum Gasteiger partial charge on any atom is 0.0904 e. The van der Waals surface area contributed by atoms with Gasteiger partial charge in [-0.2, -0.15) is 0 Å². The van der Waals surface area contributed by atoms with Crippen molar-refractivity contribution < 1.29 is 0 Å². The van der Waals surface area contributed by atoms with Crippen LogP contribution >= 0.6 is 0 Å². The monoisotopic (exact) mass is 192 g/mol. The number of likely N-dealkylation sites (N-methyl/N-ethyl adjacent to an activating group) is 1. The van der Waals surface area contributed by atoms with Crippen molar-refractivity contribution in [3.63, 3.8) is 0 Å². The summed E-state index contributed by atoms with van der Waals surface area (Å²) in [5.41, 5.74) is 1.16. The summed E-state index contributed by atoms with van der Waals surface area (Å²) in [5, 5.41) is 3.13. The normalized spacial score (nSPS) is 25.8. The van der Waals surface area contributed by atoms with Crippen LogP contribution in [0.1, 0.15) is 20.3 Å². The lowest BCUT2D eigenvalue weighted by Crippen LogP contribution is -2.31. The van der Waals surface area contributed by atoms with Gasteiger partial charge in [0.25, 0.3) is 0 Å². The van der Waals surface area contributed by atoms with E-state index < -0.39 is 0 Å². The van der Waals surface area contributed by atoms with Crippen molar-refractivity contribution in [1.82, 2.24) is 10.2 Å². The smallest absolute Gasteiger partial charge is 0.0904 e. The van der Waals surface area contributed by atoms with E-state index in [1.165, 1.54) is 6.42 Å². The van der Waals surface area contributed by atoms with Gasteiger partial charge in [-0.3, -0.25) is 0 Å². The molecule has 0 amide bonds. The lowest BCUT2D eigenvalue weighted by molar-refractivity contribution is 0.359. The SMILES string of the molecule is C=C(CNC)N1CC(C)CC1C#CC. The second kappa shape index (κ2) is 5.07. The molecule has 0 aromatic rings. The Morgan fingerprint density at radius 2 is 2.36 bits per heavy atom. The van der Waals surface area contributed by atoms with Crippen LogP contribution in [0.15, 0.2) is 12.3 Å². The minimum Gasteiger partial charge on any atom is -0.360 e. The highest BCUT2D eigenvalue weighted by molar-refractivity contribution is 5.15. The molecule has 1 rings (SSSR count). The summed E-state index contributed by atoms with van der Waals surface area (Å²) < 4.78 is 0. The average molecular weight is 192 g/mol. The van der Waals surface area contributed by atoms with E-state index in [9.17, 15) is 0 Å². The molecule has 2 atom stereocenters. The average Bonchev–Trinajstić information content (AvgIpc) is 2.48. The molecule has 0 spiro atoms. The van der Waals surface area contributed by atoms with Crippen molar-refractivity contribution in [2.24, 2.45) is 5.92 Å². The van der Waals surface area contributed by atoms with Crippen LogP contribution in [-0.4, -0.2) is 31.1 Å². The Labute approximate surface area is 87.4 Å². The van der Waals surface area contributed by atoms with Gasteiger partial charge in [0, 0.05) is 18.8 Å². The second-order valence-corrected chi connectivity index (χ2v) is 4.00. The summed E-state index contributed by atoms with van der Waals surface area (Å²) in [6.07, 6.45) is 1.17. The van der Waals surface area contributed by atoms with Crippen molar-refractivity contribution >= 4 is 0 Å². The molecular weight excluding hydrogens is 172 g/mol. The molecule has 0 bridgehead atoms. The van der Waals surface area contributed by atoms with E-state index in [2.05, 4.69) is 35.6 Å². The van der Waals surface area contributed by atoms with Crippen LogP contribution in [0.25, 0.3) is 0 Å². The Kier molecular flexibility index (Phi) is 4.03. The van der Waals surface area contributed by atoms with Gasteiger partial charge in [0.15, 0.2) is 0 Å². The maximum absolute atomic E-state index is 4.09. The van der Waals surface area contributed by atoms with E-state index in [0.29, 0.717) is 6.04 Å². The van der Waals surface area contributed by atoms with E-state index in [0.717, 1.165) is 24.7 Å². The first-order valence-electron chi connectivity index (χ1n) is 5.20. The van der Waals surface area contributed by atoms with Gasteiger partial charge >= 0.3 is 0 Å².